The first-order valence-electron chi connectivity index (χ1n) is 11.9. The van der Waals surface area contributed by atoms with Gasteiger partial charge in [-0.1, -0.05) is 13.3 Å². The van der Waals surface area contributed by atoms with Crippen molar-refractivity contribution in [2.75, 3.05) is 36.5 Å². The minimum absolute atomic E-state index is 0.0290. The van der Waals surface area contributed by atoms with Crippen LogP contribution in [-0.2, 0) is 4.74 Å². The Hall–Kier alpha value is -3.08. The first-order valence-corrected chi connectivity index (χ1v) is 11.9. The molecule has 9 nitrogen and oxygen atoms in total. The molecule has 0 unspecified atom stereocenters. The van der Waals surface area contributed by atoms with Crippen LogP contribution in [0, 0.1) is 5.92 Å². The van der Waals surface area contributed by atoms with Gasteiger partial charge in [-0.25, -0.2) is 18.3 Å². The Morgan fingerprint density at radius 3 is 2.65 bits per heavy atom. The van der Waals surface area contributed by atoms with Gasteiger partial charge in [0.1, 0.15) is 17.1 Å². The fraction of sp³-hybridized carbons (Fsp3) is 0.565. The van der Waals surface area contributed by atoms with E-state index in [0.717, 1.165) is 32.1 Å². The molecule has 0 aromatic carbocycles. The Labute approximate surface area is 196 Å². The van der Waals surface area contributed by atoms with Gasteiger partial charge in [0.2, 0.25) is 0 Å². The third-order valence-electron chi connectivity index (χ3n) is 6.96. The lowest BCUT2D eigenvalue weighted by molar-refractivity contribution is 0.102. The van der Waals surface area contributed by atoms with Crippen molar-refractivity contribution in [3.63, 3.8) is 0 Å². The molecule has 4 heterocycles. The Kier molecular flexibility index (Phi) is 6.44. The van der Waals surface area contributed by atoms with Gasteiger partial charge in [-0.2, -0.15) is 10.2 Å². The average Bonchev–Trinajstić information content (AvgIpc) is 3.48. The second-order valence-electron chi connectivity index (χ2n) is 8.94. The first kappa shape index (κ1) is 22.7. The molecule has 2 fully saturated rings. The maximum Gasteiger partial charge on any atom is 0.282 e. The number of anilines is 2. The fourth-order valence-corrected chi connectivity index (χ4v) is 4.95. The molecule has 11 heteroatoms. The van der Waals surface area contributed by atoms with Gasteiger partial charge in [0.25, 0.3) is 12.3 Å². The van der Waals surface area contributed by atoms with Crippen molar-refractivity contribution in [1.29, 1.82) is 0 Å². The third kappa shape index (κ3) is 4.36. The summed E-state index contributed by atoms with van der Waals surface area (Å²) in [7, 11) is 0. The molecule has 0 spiro atoms. The summed E-state index contributed by atoms with van der Waals surface area (Å²) in [6.07, 6.45) is 6.45. The Morgan fingerprint density at radius 2 is 1.94 bits per heavy atom. The number of halogens is 2. The molecule has 0 atom stereocenters. The summed E-state index contributed by atoms with van der Waals surface area (Å²) in [4.78, 5) is 19.8. The van der Waals surface area contributed by atoms with E-state index in [4.69, 9.17) is 4.74 Å². The summed E-state index contributed by atoms with van der Waals surface area (Å²) in [5.41, 5.74) is 0.366. The quantitative estimate of drug-likeness (QED) is 0.580. The van der Waals surface area contributed by atoms with E-state index in [1.54, 1.807) is 6.20 Å². The predicted molar refractivity (Wildman–Crippen MR) is 122 cm³/mol. The van der Waals surface area contributed by atoms with Crippen LogP contribution in [-0.4, -0.2) is 56.6 Å². The molecule has 0 radical (unpaired) electrons. The number of hydrogen-bond donors (Lipinski definition) is 1. The van der Waals surface area contributed by atoms with Crippen molar-refractivity contribution in [2.45, 2.75) is 51.5 Å². The molecule has 1 amide bonds. The van der Waals surface area contributed by atoms with E-state index >= 15 is 0 Å². The van der Waals surface area contributed by atoms with Crippen LogP contribution in [0.4, 0.5) is 20.3 Å². The molecular weight excluding hydrogens is 444 g/mol. The number of morpholine rings is 1. The van der Waals surface area contributed by atoms with Crippen LogP contribution >= 0.6 is 0 Å². The minimum atomic E-state index is -2.75. The highest BCUT2D eigenvalue weighted by molar-refractivity contribution is 6.08. The van der Waals surface area contributed by atoms with E-state index < -0.39 is 12.3 Å². The van der Waals surface area contributed by atoms with Crippen molar-refractivity contribution in [3.8, 4) is 0 Å². The zero-order valence-electron chi connectivity index (χ0n) is 19.2. The molecule has 1 N–H and O–H groups in total. The third-order valence-corrected chi connectivity index (χ3v) is 6.96. The van der Waals surface area contributed by atoms with Gasteiger partial charge in [0.05, 0.1) is 37.3 Å². The van der Waals surface area contributed by atoms with Crippen LogP contribution in [0.1, 0.15) is 67.5 Å². The fourth-order valence-electron chi connectivity index (χ4n) is 4.95. The van der Waals surface area contributed by atoms with E-state index in [2.05, 4.69) is 32.3 Å². The number of aromatic nitrogens is 5. The lowest BCUT2D eigenvalue weighted by Gasteiger charge is -2.29. The van der Waals surface area contributed by atoms with Crippen molar-refractivity contribution in [2.24, 2.45) is 5.92 Å². The number of amides is 1. The average molecular weight is 474 g/mol. The standard InChI is InChI=1S/C23H29F2N7O2/c1-2-15-3-5-16(6-4-15)32-20(21(24)25)18(14-27-32)28-23(33)17-13-26-31-8-7-19(29-22(17)31)30-9-11-34-12-10-30/h7-8,13-16,21H,2-6,9-12H2,1H3,(H,28,33). The Morgan fingerprint density at radius 1 is 1.18 bits per heavy atom. The van der Waals surface area contributed by atoms with Gasteiger partial charge in [0, 0.05) is 19.3 Å². The van der Waals surface area contributed by atoms with Gasteiger partial charge in [0.15, 0.2) is 5.65 Å². The Bertz CT molecular complexity index is 1150. The topological polar surface area (TPSA) is 89.6 Å². The summed E-state index contributed by atoms with van der Waals surface area (Å²) in [5, 5.41) is 11.1. The predicted octanol–water partition coefficient (Wildman–Crippen LogP) is 4.09. The van der Waals surface area contributed by atoms with Crippen LogP contribution in [0.5, 0.6) is 0 Å². The SMILES string of the molecule is CCC1CCC(n2ncc(NC(=O)c3cnn4ccc(N5CCOCC5)nc34)c2C(F)F)CC1. The van der Waals surface area contributed by atoms with E-state index in [-0.39, 0.29) is 23.0 Å². The maximum absolute atomic E-state index is 14.1. The van der Waals surface area contributed by atoms with Crippen LogP contribution in [0.15, 0.2) is 24.7 Å². The molecule has 34 heavy (non-hydrogen) atoms. The summed E-state index contributed by atoms with van der Waals surface area (Å²) in [6, 6.07) is 1.76. The number of hydrogen-bond acceptors (Lipinski definition) is 6. The monoisotopic (exact) mass is 473 g/mol. The van der Waals surface area contributed by atoms with Crippen molar-refractivity contribution in [1.82, 2.24) is 24.4 Å². The molecule has 0 bridgehead atoms. The second kappa shape index (κ2) is 9.65. The van der Waals surface area contributed by atoms with Gasteiger partial charge in [-0.3, -0.25) is 9.48 Å². The van der Waals surface area contributed by atoms with E-state index in [1.165, 1.54) is 21.6 Å². The molecule has 3 aromatic rings. The highest BCUT2D eigenvalue weighted by Gasteiger charge is 2.29. The summed E-state index contributed by atoms with van der Waals surface area (Å²) in [5.74, 6) is 0.818. The minimum Gasteiger partial charge on any atom is -0.378 e. The highest BCUT2D eigenvalue weighted by Crippen LogP contribution is 2.38. The summed E-state index contributed by atoms with van der Waals surface area (Å²) >= 11 is 0. The van der Waals surface area contributed by atoms with Crippen LogP contribution < -0.4 is 10.2 Å². The van der Waals surface area contributed by atoms with E-state index in [1.807, 2.05) is 6.07 Å². The molecule has 1 aliphatic heterocycles. The summed E-state index contributed by atoms with van der Waals surface area (Å²) in [6.45, 7) is 4.79. The van der Waals surface area contributed by atoms with Gasteiger partial charge in [-0.15, -0.1) is 0 Å². The lowest BCUT2D eigenvalue weighted by atomic mass is 9.84. The summed E-state index contributed by atoms with van der Waals surface area (Å²) < 4.78 is 36.4. The maximum atomic E-state index is 14.1. The van der Waals surface area contributed by atoms with E-state index in [0.29, 0.717) is 43.7 Å². The number of carbonyl (C=O) groups excluding carboxylic acids is 1. The van der Waals surface area contributed by atoms with Crippen molar-refractivity contribution < 1.29 is 18.3 Å². The highest BCUT2D eigenvalue weighted by atomic mass is 19.3. The Balaban J connectivity index is 1.38. The lowest BCUT2D eigenvalue weighted by Crippen LogP contribution is -2.36. The number of carbonyl (C=O) groups is 1. The molecule has 5 rings (SSSR count). The van der Waals surface area contributed by atoms with Gasteiger partial charge >= 0.3 is 0 Å². The number of nitrogens with zero attached hydrogens (tertiary/aromatic N) is 6. The number of fused-ring (bicyclic) bond motifs is 1. The zero-order chi connectivity index (χ0) is 23.7. The van der Waals surface area contributed by atoms with Crippen LogP contribution in [0.3, 0.4) is 0 Å². The molecule has 2 aliphatic rings. The van der Waals surface area contributed by atoms with Crippen molar-refractivity contribution in [3.05, 3.63) is 35.9 Å². The molecule has 1 saturated heterocycles. The largest absolute Gasteiger partial charge is 0.378 e. The van der Waals surface area contributed by atoms with E-state index in [9.17, 15) is 13.6 Å². The number of ether oxygens (including phenoxy) is 1. The molecule has 3 aromatic heterocycles. The molecule has 1 aliphatic carbocycles. The van der Waals surface area contributed by atoms with Gasteiger partial charge < -0.3 is 15.0 Å². The number of rotatable bonds is 6. The van der Waals surface area contributed by atoms with Crippen molar-refractivity contribution >= 4 is 23.1 Å². The normalized spacial score (nSPS) is 21.4. The second-order valence-corrected chi connectivity index (χ2v) is 8.94. The molecule has 1 saturated carbocycles. The molecule has 182 valence electrons. The number of nitrogens with one attached hydrogen (secondary N) is 1. The number of alkyl halides is 2. The van der Waals surface area contributed by atoms with Gasteiger partial charge in [-0.05, 0) is 37.7 Å². The smallest absolute Gasteiger partial charge is 0.282 e. The molecular formula is C23H29F2N7O2. The first-order chi connectivity index (χ1) is 16.5. The zero-order valence-corrected chi connectivity index (χ0v) is 19.2. The van der Waals surface area contributed by atoms with Crippen LogP contribution in [0.25, 0.3) is 5.65 Å². The van der Waals surface area contributed by atoms with Crippen LogP contribution in [0.2, 0.25) is 0 Å².